The Balaban J connectivity index is 2.98. The minimum atomic E-state index is -0.673. The van der Waals surface area contributed by atoms with E-state index in [1.807, 2.05) is 6.92 Å². The van der Waals surface area contributed by atoms with Gasteiger partial charge in [-0.3, -0.25) is 10.1 Å². The van der Waals surface area contributed by atoms with Crippen molar-refractivity contribution >= 4 is 11.5 Å². The first-order valence-electron chi connectivity index (χ1n) is 5.87. The van der Waals surface area contributed by atoms with Crippen molar-refractivity contribution in [2.24, 2.45) is 10.9 Å². The zero-order valence-electron chi connectivity index (χ0n) is 11.1. The summed E-state index contributed by atoms with van der Waals surface area (Å²) in [4.78, 5) is 14.0. The van der Waals surface area contributed by atoms with E-state index in [2.05, 4.69) is 10.1 Å². The molecule has 20 heavy (non-hydrogen) atoms. The molecule has 0 aromatic carbocycles. The Morgan fingerprint density at radius 1 is 1.65 bits per heavy atom. The quantitative estimate of drug-likeness (QED) is 0.249. The number of nitro groups is 1. The smallest absolute Gasteiger partial charge is 0.299 e. The molecule has 0 aliphatic heterocycles. The fraction of sp³-hybridized carbons (Fsp3) is 0.455. The standard InChI is InChI=1S/C11H16N4O5/c1-3-19-6-7(2)20-9-5-4-8(15(17)18)10(13-9)11(12)14-16/h4-5,7,16H,3,6H2,1-2H3,(H2,12,14). The van der Waals surface area contributed by atoms with Crippen LogP contribution in [-0.4, -0.2) is 40.3 Å². The van der Waals surface area contributed by atoms with Crippen molar-refractivity contribution in [2.45, 2.75) is 20.0 Å². The van der Waals surface area contributed by atoms with Gasteiger partial charge in [-0.1, -0.05) is 5.16 Å². The van der Waals surface area contributed by atoms with Gasteiger partial charge >= 0.3 is 0 Å². The van der Waals surface area contributed by atoms with Gasteiger partial charge in [-0.15, -0.1) is 0 Å². The zero-order valence-corrected chi connectivity index (χ0v) is 11.1. The van der Waals surface area contributed by atoms with E-state index in [0.29, 0.717) is 13.2 Å². The van der Waals surface area contributed by atoms with Crippen molar-refractivity contribution in [3.05, 3.63) is 27.9 Å². The molecule has 110 valence electrons. The molecule has 9 heteroatoms. The second-order valence-electron chi connectivity index (χ2n) is 3.85. The summed E-state index contributed by atoms with van der Waals surface area (Å²) in [7, 11) is 0. The Bertz CT molecular complexity index is 506. The van der Waals surface area contributed by atoms with Crippen LogP contribution in [0.3, 0.4) is 0 Å². The number of aromatic nitrogens is 1. The van der Waals surface area contributed by atoms with E-state index < -0.39 is 10.8 Å². The maximum Gasteiger partial charge on any atom is 0.299 e. The van der Waals surface area contributed by atoms with Crippen LogP contribution >= 0.6 is 0 Å². The molecule has 9 nitrogen and oxygen atoms in total. The number of pyridine rings is 1. The second kappa shape index (κ2) is 7.24. The number of rotatable bonds is 7. The lowest BCUT2D eigenvalue weighted by Crippen LogP contribution is -2.21. The predicted molar refractivity (Wildman–Crippen MR) is 70.0 cm³/mol. The van der Waals surface area contributed by atoms with Gasteiger partial charge < -0.3 is 20.4 Å². The summed E-state index contributed by atoms with van der Waals surface area (Å²) >= 11 is 0. The van der Waals surface area contributed by atoms with E-state index in [0.717, 1.165) is 0 Å². The molecule has 3 N–H and O–H groups in total. The first kappa shape index (κ1) is 15.6. The van der Waals surface area contributed by atoms with Crippen molar-refractivity contribution in [1.82, 2.24) is 4.98 Å². The third-order valence-corrected chi connectivity index (χ3v) is 2.27. The van der Waals surface area contributed by atoms with Crippen LogP contribution in [0.25, 0.3) is 0 Å². The van der Waals surface area contributed by atoms with Crippen LogP contribution in [0, 0.1) is 10.1 Å². The van der Waals surface area contributed by atoms with Crippen LogP contribution in [0.1, 0.15) is 19.5 Å². The fourth-order valence-electron chi connectivity index (χ4n) is 1.41. The van der Waals surface area contributed by atoms with Crippen molar-refractivity contribution in [1.29, 1.82) is 0 Å². The Kier molecular flexibility index (Phi) is 5.66. The first-order valence-corrected chi connectivity index (χ1v) is 5.87. The van der Waals surface area contributed by atoms with Gasteiger partial charge in [-0.05, 0) is 13.8 Å². The molecule has 1 atom stereocenters. The van der Waals surface area contributed by atoms with Crippen LogP contribution in [0.2, 0.25) is 0 Å². The topological polar surface area (TPSA) is 133 Å². The summed E-state index contributed by atoms with van der Waals surface area (Å²) in [5.74, 6) is -0.330. The molecule has 1 aromatic rings. The maximum absolute atomic E-state index is 10.8. The molecule has 1 heterocycles. The van der Waals surface area contributed by atoms with Crippen LogP contribution < -0.4 is 10.5 Å². The monoisotopic (exact) mass is 284 g/mol. The molecule has 0 bridgehead atoms. The number of hydrogen-bond acceptors (Lipinski definition) is 7. The van der Waals surface area contributed by atoms with Gasteiger partial charge in [0.1, 0.15) is 6.10 Å². The summed E-state index contributed by atoms with van der Waals surface area (Å²) in [6, 6.07) is 2.53. The minimum absolute atomic E-state index is 0.129. The van der Waals surface area contributed by atoms with Crippen molar-refractivity contribution in [3.63, 3.8) is 0 Å². The Morgan fingerprint density at radius 2 is 2.35 bits per heavy atom. The van der Waals surface area contributed by atoms with Gasteiger partial charge in [-0.25, -0.2) is 4.98 Å². The lowest BCUT2D eigenvalue weighted by molar-refractivity contribution is -0.385. The van der Waals surface area contributed by atoms with Crippen molar-refractivity contribution in [2.75, 3.05) is 13.2 Å². The normalized spacial score (nSPS) is 13.0. The van der Waals surface area contributed by atoms with Crippen LogP contribution in [0.15, 0.2) is 17.3 Å². The number of oxime groups is 1. The van der Waals surface area contributed by atoms with E-state index in [1.165, 1.54) is 12.1 Å². The summed E-state index contributed by atoms with van der Waals surface area (Å²) in [5, 5.41) is 22.2. The van der Waals surface area contributed by atoms with Crippen molar-refractivity contribution < 1.29 is 19.6 Å². The number of hydrogen-bond donors (Lipinski definition) is 2. The highest BCUT2D eigenvalue weighted by Gasteiger charge is 2.20. The van der Waals surface area contributed by atoms with Gasteiger partial charge in [0, 0.05) is 18.7 Å². The van der Waals surface area contributed by atoms with Crippen LogP contribution in [0.4, 0.5) is 5.69 Å². The minimum Gasteiger partial charge on any atom is -0.472 e. The molecule has 0 amide bonds. The highest BCUT2D eigenvalue weighted by molar-refractivity contribution is 5.98. The summed E-state index contributed by atoms with van der Waals surface area (Å²) in [6.45, 7) is 4.53. The zero-order chi connectivity index (χ0) is 15.1. The highest BCUT2D eigenvalue weighted by atomic mass is 16.6. The number of nitrogens with zero attached hydrogens (tertiary/aromatic N) is 3. The molecule has 1 rings (SSSR count). The van der Waals surface area contributed by atoms with Gasteiger partial charge in [0.15, 0.2) is 11.5 Å². The largest absolute Gasteiger partial charge is 0.472 e. The van der Waals surface area contributed by atoms with Crippen LogP contribution in [-0.2, 0) is 4.74 Å². The average molecular weight is 284 g/mol. The van der Waals surface area contributed by atoms with Crippen LogP contribution in [0.5, 0.6) is 5.88 Å². The highest BCUT2D eigenvalue weighted by Crippen LogP contribution is 2.20. The van der Waals surface area contributed by atoms with E-state index >= 15 is 0 Å². The molecular weight excluding hydrogens is 268 g/mol. The predicted octanol–water partition coefficient (Wildman–Crippen LogP) is 0.888. The number of ether oxygens (including phenoxy) is 2. The molecule has 0 fully saturated rings. The van der Waals surface area contributed by atoms with E-state index in [1.54, 1.807) is 6.92 Å². The third kappa shape index (κ3) is 4.05. The SMILES string of the molecule is CCOCC(C)Oc1ccc([N+](=O)[O-])c(/C(N)=N/O)n1. The molecule has 1 aromatic heterocycles. The van der Waals surface area contributed by atoms with Gasteiger partial charge in [0.25, 0.3) is 5.69 Å². The lowest BCUT2D eigenvalue weighted by atomic mass is 10.3. The Hall–Kier alpha value is -2.42. The molecule has 0 saturated heterocycles. The fourth-order valence-corrected chi connectivity index (χ4v) is 1.41. The second-order valence-corrected chi connectivity index (χ2v) is 3.85. The molecule has 0 spiro atoms. The summed E-state index contributed by atoms with van der Waals surface area (Å²) in [5.41, 5.74) is 4.74. The Labute approximate surface area is 115 Å². The number of nitrogens with two attached hydrogens (primary N) is 1. The first-order chi connectivity index (χ1) is 9.49. The molecular formula is C11H16N4O5. The molecule has 1 unspecified atom stereocenters. The molecule has 0 aliphatic rings. The van der Waals surface area contributed by atoms with E-state index in [9.17, 15) is 10.1 Å². The summed E-state index contributed by atoms with van der Waals surface area (Å²) in [6.07, 6.45) is -0.288. The lowest BCUT2D eigenvalue weighted by Gasteiger charge is -2.14. The third-order valence-electron chi connectivity index (χ3n) is 2.27. The molecule has 0 saturated carbocycles. The molecule has 0 aliphatic carbocycles. The van der Waals surface area contributed by atoms with Gasteiger partial charge in [0.05, 0.1) is 11.5 Å². The van der Waals surface area contributed by atoms with Gasteiger partial charge in [0.2, 0.25) is 5.88 Å². The van der Waals surface area contributed by atoms with Crippen molar-refractivity contribution in [3.8, 4) is 5.88 Å². The average Bonchev–Trinajstić information content (AvgIpc) is 2.43. The number of amidine groups is 1. The van der Waals surface area contributed by atoms with Gasteiger partial charge in [-0.2, -0.15) is 0 Å². The summed E-state index contributed by atoms with van der Waals surface area (Å²) < 4.78 is 10.6. The van der Waals surface area contributed by atoms with E-state index in [4.69, 9.17) is 20.4 Å². The maximum atomic E-state index is 10.8. The molecule has 0 radical (unpaired) electrons. The Morgan fingerprint density at radius 3 is 2.90 bits per heavy atom. The van der Waals surface area contributed by atoms with E-state index in [-0.39, 0.29) is 23.4 Å².